The first-order valence-electron chi connectivity index (χ1n) is 6.51. The average Bonchev–Trinajstić information content (AvgIpc) is 2.99. The number of nitrogens with zero attached hydrogens (tertiary/aromatic N) is 2. The maximum Gasteiger partial charge on any atom is 0.123 e. The lowest BCUT2D eigenvalue weighted by molar-refractivity contribution is 0.178. The zero-order chi connectivity index (χ0) is 14.7. The van der Waals surface area contributed by atoms with Gasteiger partial charge in [-0.2, -0.15) is 0 Å². The topological polar surface area (TPSA) is 46.0 Å². The molecule has 0 bridgehead atoms. The molecule has 1 aromatic carbocycles. The molecule has 5 heteroatoms. The molecule has 0 amide bonds. The molecule has 1 atom stereocenters. The normalized spacial score (nSPS) is 12.3. The lowest BCUT2D eigenvalue weighted by atomic mass is 10.1. The van der Waals surface area contributed by atoms with Crippen LogP contribution in [0.5, 0.6) is 0 Å². The quantitative estimate of drug-likeness (QED) is 0.800. The lowest BCUT2D eigenvalue weighted by Crippen LogP contribution is -2.00. The molecule has 0 saturated carbocycles. The van der Waals surface area contributed by atoms with Crippen molar-refractivity contribution in [2.45, 2.75) is 12.5 Å². The van der Waals surface area contributed by atoms with E-state index >= 15 is 0 Å². The Morgan fingerprint density at radius 3 is 2.52 bits per heavy atom. The largest absolute Gasteiger partial charge is 0.386 e. The predicted molar refractivity (Wildman–Crippen MR) is 80.4 cm³/mol. The van der Waals surface area contributed by atoms with E-state index in [2.05, 4.69) is 9.97 Å². The number of aliphatic hydroxyl groups is 1. The van der Waals surface area contributed by atoms with E-state index in [4.69, 9.17) is 0 Å². The summed E-state index contributed by atoms with van der Waals surface area (Å²) in [5.74, 6) is -0.263. The van der Waals surface area contributed by atoms with Crippen LogP contribution in [0.15, 0.2) is 55.0 Å². The van der Waals surface area contributed by atoms with E-state index in [1.54, 1.807) is 30.7 Å². The molecule has 0 fully saturated rings. The molecule has 2 aromatic heterocycles. The highest BCUT2D eigenvalue weighted by Crippen LogP contribution is 2.30. The van der Waals surface area contributed by atoms with Gasteiger partial charge in [0.25, 0.3) is 0 Å². The Balaban J connectivity index is 1.76. The second-order valence-corrected chi connectivity index (χ2v) is 5.71. The van der Waals surface area contributed by atoms with Gasteiger partial charge in [0.15, 0.2) is 0 Å². The summed E-state index contributed by atoms with van der Waals surface area (Å²) < 4.78 is 12.9. The third kappa shape index (κ3) is 3.32. The first-order valence-corrected chi connectivity index (χ1v) is 7.32. The van der Waals surface area contributed by atoms with Crippen LogP contribution in [0.1, 0.15) is 16.7 Å². The van der Waals surface area contributed by atoms with Crippen molar-refractivity contribution in [3.63, 3.8) is 0 Å². The van der Waals surface area contributed by atoms with E-state index in [0.717, 1.165) is 16.0 Å². The summed E-state index contributed by atoms with van der Waals surface area (Å²) in [6.45, 7) is 0. The summed E-state index contributed by atoms with van der Waals surface area (Å²) in [4.78, 5) is 9.14. The maximum atomic E-state index is 12.9. The van der Waals surface area contributed by atoms with E-state index in [-0.39, 0.29) is 5.82 Å². The van der Waals surface area contributed by atoms with Gasteiger partial charge in [-0.3, -0.25) is 4.98 Å². The molecule has 3 nitrogen and oxygen atoms in total. The Bertz CT molecular complexity index is 713. The fourth-order valence-electron chi connectivity index (χ4n) is 2.02. The second kappa shape index (κ2) is 6.11. The zero-order valence-corrected chi connectivity index (χ0v) is 11.9. The van der Waals surface area contributed by atoms with Gasteiger partial charge < -0.3 is 5.11 Å². The highest BCUT2D eigenvalue weighted by atomic mass is 32.1. The molecule has 1 N–H and O–H groups in total. The summed E-state index contributed by atoms with van der Waals surface area (Å²) in [6, 6.07) is 10.0. The third-order valence-corrected chi connectivity index (χ3v) is 4.26. The molecule has 0 aliphatic heterocycles. The van der Waals surface area contributed by atoms with Gasteiger partial charge in [-0.15, -0.1) is 11.3 Å². The fourth-order valence-corrected chi connectivity index (χ4v) is 2.93. The van der Waals surface area contributed by atoms with Crippen LogP contribution in [0, 0.1) is 5.82 Å². The number of hydrogen-bond acceptors (Lipinski definition) is 4. The molecule has 106 valence electrons. The zero-order valence-electron chi connectivity index (χ0n) is 11.1. The monoisotopic (exact) mass is 300 g/mol. The van der Waals surface area contributed by atoms with Gasteiger partial charge in [-0.25, -0.2) is 9.37 Å². The number of pyridine rings is 1. The molecule has 2 heterocycles. The number of aliphatic hydroxyl groups excluding tert-OH is 1. The Labute approximate surface area is 125 Å². The van der Waals surface area contributed by atoms with Crippen molar-refractivity contribution in [3.05, 3.63) is 71.4 Å². The van der Waals surface area contributed by atoms with Crippen LogP contribution >= 0.6 is 11.3 Å². The SMILES string of the molecule is OC(Cc1ccncc1)c1ncc(-c2ccc(F)cc2)s1. The minimum absolute atomic E-state index is 0.263. The Kier molecular flexibility index (Phi) is 4.03. The number of halogens is 1. The molecule has 0 saturated heterocycles. The van der Waals surface area contributed by atoms with Crippen LogP contribution in [0.3, 0.4) is 0 Å². The highest BCUT2D eigenvalue weighted by Gasteiger charge is 2.14. The summed E-state index contributed by atoms with van der Waals surface area (Å²) in [5, 5.41) is 10.9. The molecule has 0 spiro atoms. The first kappa shape index (κ1) is 13.9. The van der Waals surface area contributed by atoms with E-state index in [1.165, 1.54) is 23.5 Å². The fraction of sp³-hybridized carbons (Fsp3) is 0.125. The summed E-state index contributed by atoms with van der Waals surface area (Å²) in [7, 11) is 0. The lowest BCUT2D eigenvalue weighted by Gasteiger charge is -2.06. The third-order valence-electron chi connectivity index (χ3n) is 3.12. The number of hydrogen-bond donors (Lipinski definition) is 1. The predicted octanol–water partition coefficient (Wildman–Crippen LogP) is 3.62. The maximum absolute atomic E-state index is 12.9. The summed E-state index contributed by atoms with van der Waals surface area (Å²) in [6.07, 6.45) is 4.97. The van der Waals surface area contributed by atoms with Crippen molar-refractivity contribution >= 4 is 11.3 Å². The number of rotatable bonds is 4. The Hall–Kier alpha value is -2.11. The Morgan fingerprint density at radius 1 is 1.10 bits per heavy atom. The molecule has 0 aliphatic carbocycles. The van der Waals surface area contributed by atoms with E-state index < -0.39 is 6.10 Å². The van der Waals surface area contributed by atoms with Crippen molar-refractivity contribution in [3.8, 4) is 10.4 Å². The summed E-state index contributed by atoms with van der Waals surface area (Å²) >= 11 is 1.42. The molecule has 21 heavy (non-hydrogen) atoms. The highest BCUT2D eigenvalue weighted by molar-refractivity contribution is 7.15. The van der Waals surface area contributed by atoms with Gasteiger partial charge >= 0.3 is 0 Å². The number of aromatic nitrogens is 2. The van der Waals surface area contributed by atoms with Gasteiger partial charge in [-0.05, 0) is 35.4 Å². The Morgan fingerprint density at radius 2 is 1.81 bits per heavy atom. The van der Waals surface area contributed by atoms with Crippen molar-refractivity contribution < 1.29 is 9.50 Å². The van der Waals surface area contributed by atoms with Crippen molar-refractivity contribution in [1.82, 2.24) is 9.97 Å². The molecule has 3 rings (SSSR count). The minimum atomic E-state index is -0.647. The van der Waals surface area contributed by atoms with Gasteiger partial charge in [0.2, 0.25) is 0 Å². The van der Waals surface area contributed by atoms with E-state index in [1.807, 2.05) is 12.1 Å². The molecule has 3 aromatic rings. The van der Waals surface area contributed by atoms with Crippen LogP contribution < -0.4 is 0 Å². The molecular weight excluding hydrogens is 287 g/mol. The van der Waals surface area contributed by atoms with Gasteiger partial charge in [0.1, 0.15) is 16.9 Å². The first-order chi connectivity index (χ1) is 10.2. The smallest absolute Gasteiger partial charge is 0.123 e. The van der Waals surface area contributed by atoms with E-state index in [9.17, 15) is 9.50 Å². The molecule has 0 radical (unpaired) electrons. The minimum Gasteiger partial charge on any atom is -0.386 e. The van der Waals surface area contributed by atoms with Gasteiger partial charge in [-0.1, -0.05) is 12.1 Å². The number of benzene rings is 1. The van der Waals surface area contributed by atoms with Crippen LogP contribution in [-0.2, 0) is 6.42 Å². The van der Waals surface area contributed by atoms with Gasteiger partial charge in [0, 0.05) is 25.0 Å². The van der Waals surface area contributed by atoms with Gasteiger partial charge in [0.05, 0.1) is 4.88 Å². The standard InChI is InChI=1S/C16H13FN2OS/c17-13-3-1-12(2-4-13)15-10-19-16(21-15)14(20)9-11-5-7-18-8-6-11/h1-8,10,14,20H,9H2. The molecular formula is C16H13FN2OS. The summed E-state index contributed by atoms with van der Waals surface area (Å²) in [5.41, 5.74) is 1.91. The second-order valence-electron chi connectivity index (χ2n) is 4.65. The number of thiazole rings is 1. The molecule has 0 aliphatic rings. The van der Waals surface area contributed by atoms with Crippen molar-refractivity contribution in [2.75, 3.05) is 0 Å². The van der Waals surface area contributed by atoms with E-state index in [0.29, 0.717) is 11.4 Å². The van der Waals surface area contributed by atoms with Crippen molar-refractivity contribution in [2.24, 2.45) is 0 Å². The average molecular weight is 300 g/mol. The van der Waals surface area contributed by atoms with Crippen LogP contribution in [-0.4, -0.2) is 15.1 Å². The van der Waals surface area contributed by atoms with Crippen LogP contribution in [0.2, 0.25) is 0 Å². The van der Waals surface area contributed by atoms with Crippen LogP contribution in [0.4, 0.5) is 4.39 Å². The van der Waals surface area contributed by atoms with Crippen molar-refractivity contribution in [1.29, 1.82) is 0 Å². The van der Waals surface area contributed by atoms with Crippen LogP contribution in [0.25, 0.3) is 10.4 Å². The molecule has 1 unspecified atom stereocenters.